The Kier molecular flexibility index (Phi) is 6.90. The minimum Gasteiger partial charge on any atom is -0.367 e. The van der Waals surface area contributed by atoms with Crippen molar-refractivity contribution >= 4 is 33.0 Å². The fourth-order valence-electron chi connectivity index (χ4n) is 3.93. The number of carbonyl (C=O) groups is 1. The van der Waals surface area contributed by atoms with Gasteiger partial charge in [-0.3, -0.25) is 9.10 Å². The second-order valence-corrected chi connectivity index (χ2v) is 10.6. The van der Waals surface area contributed by atoms with Gasteiger partial charge in [0.15, 0.2) is 0 Å². The number of benzene rings is 3. The van der Waals surface area contributed by atoms with Crippen molar-refractivity contribution in [3.8, 4) is 0 Å². The molecule has 4 rings (SSSR count). The molecule has 8 heteroatoms. The van der Waals surface area contributed by atoms with Gasteiger partial charge >= 0.3 is 0 Å². The first kappa shape index (κ1) is 23.8. The summed E-state index contributed by atoms with van der Waals surface area (Å²) in [4.78, 5) is 17.8. The molecule has 1 amide bonds. The summed E-state index contributed by atoms with van der Waals surface area (Å²) in [6, 6.07) is 21.1. The third-order valence-electron chi connectivity index (χ3n) is 6.17. The van der Waals surface area contributed by atoms with Crippen LogP contribution in [0.5, 0.6) is 0 Å². The van der Waals surface area contributed by atoms with E-state index in [-0.39, 0.29) is 10.8 Å². The molecule has 0 saturated carbocycles. The molecule has 0 radical (unpaired) electrons. The molecule has 7 nitrogen and oxygen atoms in total. The van der Waals surface area contributed by atoms with Crippen LogP contribution in [-0.4, -0.2) is 59.5 Å². The summed E-state index contributed by atoms with van der Waals surface area (Å²) in [6.45, 7) is 5.67. The topological polar surface area (TPSA) is 73.0 Å². The van der Waals surface area contributed by atoms with Crippen LogP contribution in [-0.2, 0) is 10.0 Å². The van der Waals surface area contributed by atoms with Gasteiger partial charge in [0.25, 0.3) is 15.9 Å². The van der Waals surface area contributed by atoms with Gasteiger partial charge in [-0.15, -0.1) is 0 Å². The maximum Gasteiger partial charge on any atom is 0.264 e. The number of amides is 1. The fourth-order valence-corrected chi connectivity index (χ4v) is 5.12. The quantitative estimate of drug-likeness (QED) is 0.583. The molecular weight excluding hydrogens is 448 g/mol. The molecular formula is C26H30N4O3S. The van der Waals surface area contributed by atoms with E-state index in [9.17, 15) is 13.2 Å². The van der Waals surface area contributed by atoms with Gasteiger partial charge in [0, 0.05) is 38.8 Å². The van der Waals surface area contributed by atoms with E-state index in [0.29, 0.717) is 11.3 Å². The minimum absolute atomic E-state index is 0.225. The molecule has 1 N–H and O–H groups in total. The maximum absolute atomic E-state index is 13.0. The lowest BCUT2D eigenvalue weighted by Crippen LogP contribution is -2.44. The zero-order valence-electron chi connectivity index (χ0n) is 19.7. The summed E-state index contributed by atoms with van der Waals surface area (Å²) in [5, 5.41) is 3.02. The lowest BCUT2D eigenvalue weighted by Gasteiger charge is -2.35. The molecule has 0 unspecified atom stereocenters. The van der Waals surface area contributed by atoms with Crippen molar-refractivity contribution in [2.75, 3.05) is 54.8 Å². The number of para-hydroxylation sites is 2. The predicted octanol–water partition coefficient (Wildman–Crippen LogP) is 3.82. The van der Waals surface area contributed by atoms with Gasteiger partial charge in [-0.25, -0.2) is 8.42 Å². The highest BCUT2D eigenvalue weighted by Crippen LogP contribution is 2.28. The largest absolute Gasteiger partial charge is 0.367 e. The first-order chi connectivity index (χ1) is 16.3. The lowest BCUT2D eigenvalue weighted by molar-refractivity contribution is 0.102. The normalized spacial score (nSPS) is 14.6. The Hall–Kier alpha value is -3.36. The Balaban J connectivity index is 1.48. The second kappa shape index (κ2) is 9.87. The van der Waals surface area contributed by atoms with E-state index in [0.717, 1.165) is 43.1 Å². The molecule has 1 saturated heterocycles. The second-order valence-electron chi connectivity index (χ2n) is 8.59. The number of sulfonamides is 1. The smallest absolute Gasteiger partial charge is 0.264 e. The molecule has 1 aliphatic heterocycles. The van der Waals surface area contributed by atoms with Crippen LogP contribution in [0.15, 0.2) is 77.7 Å². The molecule has 3 aromatic rings. The van der Waals surface area contributed by atoms with Crippen molar-refractivity contribution in [1.82, 2.24) is 4.90 Å². The average molecular weight is 479 g/mol. The summed E-state index contributed by atoms with van der Waals surface area (Å²) in [6.07, 6.45) is 0. The Morgan fingerprint density at radius 3 is 2.15 bits per heavy atom. The fraction of sp³-hybridized carbons (Fsp3) is 0.269. The highest BCUT2D eigenvalue weighted by Gasteiger charge is 2.22. The molecule has 34 heavy (non-hydrogen) atoms. The number of anilines is 3. The van der Waals surface area contributed by atoms with Crippen LogP contribution >= 0.6 is 0 Å². The summed E-state index contributed by atoms with van der Waals surface area (Å²) in [5.41, 5.74) is 3.70. The highest BCUT2D eigenvalue weighted by atomic mass is 32.2. The molecule has 0 aliphatic carbocycles. The highest BCUT2D eigenvalue weighted by molar-refractivity contribution is 7.92. The van der Waals surface area contributed by atoms with Crippen LogP contribution in [0.1, 0.15) is 15.9 Å². The molecule has 0 atom stereocenters. The van der Waals surface area contributed by atoms with E-state index in [1.165, 1.54) is 11.4 Å². The van der Waals surface area contributed by atoms with E-state index < -0.39 is 10.0 Å². The number of piperazine rings is 1. The number of hydrogen-bond acceptors (Lipinski definition) is 5. The number of rotatable bonds is 6. The van der Waals surface area contributed by atoms with Crippen molar-refractivity contribution in [2.45, 2.75) is 11.8 Å². The van der Waals surface area contributed by atoms with Gasteiger partial charge < -0.3 is 15.1 Å². The van der Waals surface area contributed by atoms with Crippen molar-refractivity contribution in [3.05, 3.63) is 83.9 Å². The SMILES string of the molecule is Cc1ccc(S(=O)(=O)N(C)c2ccc(C(=O)Nc3ccccc3N3CCN(C)CC3)cc2)cc1. The van der Waals surface area contributed by atoms with E-state index in [2.05, 4.69) is 22.2 Å². The molecule has 0 aromatic heterocycles. The van der Waals surface area contributed by atoms with Crippen LogP contribution in [0, 0.1) is 6.92 Å². The van der Waals surface area contributed by atoms with Gasteiger partial charge in [0.1, 0.15) is 0 Å². The van der Waals surface area contributed by atoms with Crippen LogP contribution in [0.3, 0.4) is 0 Å². The molecule has 0 spiro atoms. The van der Waals surface area contributed by atoms with E-state index in [1.54, 1.807) is 48.5 Å². The summed E-state index contributed by atoms with van der Waals surface area (Å²) in [5.74, 6) is -0.239. The average Bonchev–Trinajstić information content (AvgIpc) is 2.85. The molecule has 0 bridgehead atoms. The van der Waals surface area contributed by atoms with Crippen molar-refractivity contribution in [1.29, 1.82) is 0 Å². The monoisotopic (exact) mass is 478 g/mol. The predicted molar refractivity (Wildman–Crippen MR) is 137 cm³/mol. The van der Waals surface area contributed by atoms with Crippen molar-refractivity contribution in [2.24, 2.45) is 0 Å². The summed E-state index contributed by atoms with van der Waals surface area (Å²) >= 11 is 0. The van der Waals surface area contributed by atoms with E-state index >= 15 is 0 Å². The number of nitrogens with zero attached hydrogens (tertiary/aromatic N) is 3. The Labute approximate surface area is 201 Å². The van der Waals surface area contributed by atoms with Gasteiger partial charge in [-0.1, -0.05) is 29.8 Å². The van der Waals surface area contributed by atoms with Gasteiger partial charge in [0.05, 0.1) is 22.0 Å². The number of likely N-dealkylation sites (N-methyl/N-ethyl adjacent to an activating group) is 1. The van der Waals surface area contributed by atoms with Gasteiger partial charge in [-0.05, 0) is 62.5 Å². The van der Waals surface area contributed by atoms with Gasteiger partial charge in [-0.2, -0.15) is 0 Å². The first-order valence-electron chi connectivity index (χ1n) is 11.3. The standard InChI is InChI=1S/C26H30N4O3S/c1-20-8-14-23(15-9-20)34(32,33)29(3)22-12-10-21(11-13-22)26(31)27-24-6-4-5-7-25(24)30-18-16-28(2)17-19-30/h4-15H,16-19H2,1-3H3,(H,27,31). The molecule has 1 heterocycles. The first-order valence-corrected chi connectivity index (χ1v) is 12.7. The van der Waals surface area contributed by atoms with Gasteiger partial charge in [0.2, 0.25) is 0 Å². The molecule has 1 aliphatic rings. The van der Waals surface area contributed by atoms with Crippen LogP contribution in [0.25, 0.3) is 0 Å². The Morgan fingerprint density at radius 2 is 1.50 bits per heavy atom. The number of hydrogen-bond donors (Lipinski definition) is 1. The van der Waals surface area contributed by atoms with Crippen LogP contribution < -0.4 is 14.5 Å². The Bertz CT molecular complexity index is 1250. The number of nitrogens with one attached hydrogen (secondary N) is 1. The van der Waals surface area contributed by atoms with E-state index in [4.69, 9.17) is 0 Å². The zero-order valence-corrected chi connectivity index (χ0v) is 20.5. The zero-order chi connectivity index (χ0) is 24.3. The molecule has 3 aromatic carbocycles. The molecule has 1 fully saturated rings. The Morgan fingerprint density at radius 1 is 0.882 bits per heavy atom. The molecule has 178 valence electrons. The third kappa shape index (κ3) is 5.08. The number of carbonyl (C=O) groups excluding carboxylic acids is 1. The third-order valence-corrected chi connectivity index (χ3v) is 7.97. The lowest BCUT2D eigenvalue weighted by atomic mass is 10.1. The summed E-state index contributed by atoms with van der Waals surface area (Å²) in [7, 11) is -0.0689. The maximum atomic E-state index is 13.0. The van der Waals surface area contributed by atoms with Crippen molar-refractivity contribution < 1.29 is 13.2 Å². The summed E-state index contributed by atoms with van der Waals surface area (Å²) < 4.78 is 27.1. The minimum atomic E-state index is -3.69. The van der Waals surface area contributed by atoms with Crippen LogP contribution in [0.2, 0.25) is 0 Å². The van der Waals surface area contributed by atoms with Crippen LogP contribution in [0.4, 0.5) is 17.1 Å². The number of aryl methyl sites for hydroxylation is 1. The van der Waals surface area contributed by atoms with E-state index in [1.807, 2.05) is 31.2 Å². The van der Waals surface area contributed by atoms with Crippen molar-refractivity contribution in [3.63, 3.8) is 0 Å².